The van der Waals surface area contributed by atoms with Gasteiger partial charge in [-0.2, -0.15) is 15.0 Å². The van der Waals surface area contributed by atoms with Crippen LogP contribution in [0.15, 0.2) is 24.3 Å². The molecule has 0 aliphatic carbocycles. The van der Waals surface area contributed by atoms with E-state index in [9.17, 15) is 0 Å². The predicted molar refractivity (Wildman–Crippen MR) is 75.9 cm³/mol. The molecule has 5 N–H and O–H groups in total. The Labute approximate surface area is 117 Å². The van der Waals surface area contributed by atoms with Crippen LogP contribution in [0.5, 0.6) is 5.75 Å². The summed E-state index contributed by atoms with van der Waals surface area (Å²) < 4.78 is 5.21. The van der Waals surface area contributed by atoms with Crippen LogP contribution in [-0.4, -0.2) is 29.1 Å². The average Bonchev–Trinajstić information content (AvgIpc) is 2.37. The molecular weight excluding hydrogens is 256 g/mol. The third kappa shape index (κ3) is 3.79. The Hall–Kier alpha value is -2.41. The van der Waals surface area contributed by atoms with Crippen LogP contribution >= 0.6 is 0 Å². The van der Waals surface area contributed by atoms with Crippen molar-refractivity contribution in [3.05, 3.63) is 35.7 Å². The molecule has 1 aromatic carbocycles. The van der Waals surface area contributed by atoms with Crippen molar-refractivity contribution in [1.82, 2.24) is 15.0 Å². The average molecular weight is 275 g/mol. The van der Waals surface area contributed by atoms with Gasteiger partial charge in [0.15, 0.2) is 5.82 Å². The predicted octanol–water partition coefficient (Wildman–Crippen LogP) is -0.740. The van der Waals surface area contributed by atoms with Crippen molar-refractivity contribution in [2.24, 2.45) is 0 Å². The zero-order chi connectivity index (χ0) is 14.5. The number of hydrogen-bond acceptors (Lipinski definition) is 6. The molecule has 2 aromatic rings. The minimum absolute atomic E-state index is 0.154. The van der Waals surface area contributed by atoms with Gasteiger partial charge in [-0.15, -0.1) is 0 Å². The number of hydrogen-bond donors (Lipinski definition) is 3. The van der Waals surface area contributed by atoms with Crippen molar-refractivity contribution in [3.8, 4) is 5.75 Å². The second kappa shape index (κ2) is 6.16. The van der Waals surface area contributed by atoms with Gasteiger partial charge < -0.3 is 21.1 Å². The van der Waals surface area contributed by atoms with Gasteiger partial charge in [-0.05, 0) is 12.1 Å². The second-order valence-corrected chi connectivity index (χ2v) is 4.63. The number of nitrogens with one attached hydrogen (secondary N) is 1. The molecule has 0 spiro atoms. The monoisotopic (exact) mass is 275 g/mol. The summed E-state index contributed by atoms with van der Waals surface area (Å²) in [5.74, 6) is 1.75. The SMILES string of the molecule is COc1cccc(C[NH+](C)Cc2nc(N)nc(N)n2)c1. The molecule has 1 unspecified atom stereocenters. The molecule has 1 aromatic heterocycles. The summed E-state index contributed by atoms with van der Waals surface area (Å²) in [7, 11) is 3.71. The second-order valence-electron chi connectivity index (χ2n) is 4.63. The van der Waals surface area contributed by atoms with E-state index in [1.165, 1.54) is 10.5 Å². The lowest BCUT2D eigenvalue weighted by molar-refractivity contribution is -0.908. The van der Waals surface area contributed by atoms with Crippen LogP contribution in [0.25, 0.3) is 0 Å². The summed E-state index contributed by atoms with van der Waals surface area (Å²) in [4.78, 5) is 13.1. The third-order valence-electron chi connectivity index (χ3n) is 2.82. The van der Waals surface area contributed by atoms with Gasteiger partial charge in [-0.1, -0.05) is 12.1 Å². The summed E-state index contributed by atoms with van der Waals surface area (Å²) in [6.07, 6.45) is 0. The molecule has 0 amide bonds. The Morgan fingerprint density at radius 2 is 1.80 bits per heavy atom. The maximum Gasteiger partial charge on any atom is 0.225 e. The molecule has 2 rings (SSSR count). The first-order valence-electron chi connectivity index (χ1n) is 6.27. The van der Waals surface area contributed by atoms with E-state index in [1.54, 1.807) is 7.11 Å². The maximum absolute atomic E-state index is 5.56. The molecule has 20 heavy (non-hydrogen) atoms. The number of methoxy groups -OCH3 is 1. The molecule has 0 fully saturated rings. The maximum atomic E-state index is 5.56. The van der Waals surface area contributed by atoms with Crippen molar-refractivity contribution in [3.63, 3.8) is 0 Å². The summed E-state index contributed by atoms with van der Waals surface area (Å²) >= 11 is 0. The quantitative estimate of drug-likeness (QED) is 0.664. The van der Waals surface area contributed by atoms with E-state index < -0.39 is 0 Å². The highest BCUT2D eigenvalue weighted by molar-refractivity contribution is 5.28. The Balaban J connectivity index is 2.02. The molecule has 0 saturated carbocycles. The number of quaternary nitrogens is 1. The Morgan fingerprint density at radius 3 is 2.45 bits per heavy atom. The van der Waals surface area contributed by atoms with Crippen LogP contribution in [0.3, 0.4) is 0 Å². The van der Waals surface area contributed by atoms with Crippen molar-refractivity contribution in [2.75, 3.05) is 25.6 Å². The lowest BCUT2D eigenvalue weighted by atomic mass is 10.2. The van der Waals surface area contributed by atoms with Crippen LogP contribution in [0.4, 0.5) is 11.9 Å². The van der Waals surface area contributed by atoms with E-state index in [1.807, 2.05) is 18.2 Å². The zero-order valence-electron chi connectivity index (χ0n) is 11.6. The fourth-order valence-electron chi connectivity index (χ4n) is 2.00. The highest BCUT2D eigenvalue weighted by Crippen LogP contribution is 2.11. The van der Waals surface area contributed by atoms with Gasteiger partial charge in [0.2, 0.25) is 11.9 Å². The van der Waals surface area contributed by atoms with E-state index in [0.717, 1.165) is 12.3 Å². The first-order chi connectivity index (χ1) is 9.56. The third-order valence-corrected chi connectivity index (χ3v) is 2.82. The van der Waals surface area contributed by atoms with Crippen LogP contribution < -0.4 is 21.1 Å². The molecule has 7 heteroatoms. The Kier molecular flexibility index (Phi) is 4.31. The number of nitrogen functional groups attached to an aromatic ring is 2. The number of benzene rings is 1. The van der Waals surface area contributed by atoms with Gasteiger partial charge in [-0.3, -0.25) is 0 Å². The molecule has 0 aliphatic heterocycles. The minimum atomic E-state index is 0.154. The van der Waals surface area contributed by atoms with Crippen molar-refractivity contribution in [2.45, 2.75) is 13.1 Å². The highest BCUT2D eigenvalue weighted by Gasteiger charge is 2.10. The van der Waals surface area contributed by atoms with Gasteiger partial charge in [0, 0.05) is 5.56 Å². The molecule has 1 heterocycles. The number of nitrogens with zero attached hydrogens (tertiary/aromatic N) is 3. The van der Waals surface area contributed by atoms with E-state index in [2.05, 4.69) is 28.1 Å². The highest BCUT2D eigenvalue weighted by atomic mass is 16.5. The number of nitrogens with two attached hydrogens (primary N) is 2. The van der Waals surface area contributed by atoms with Crippen molar-refractivity contribution >= 4 is 11.9 Å². The summed E-state index contributed by atoms with van der Waals surface area (Å²) in [6.45, 7) is 1.44. The molecular formula is C13H19N6O+. The molecule has 7 nitrogen and oxygen atoms in total. The standard InChI is InChI=1S/C13H18N6O/c1-19(7-9-4-3-5-10(6-9)20-2)8-11-16-12(14)18-13(15)17-11/h3-6H,7-8H2,1-2H3,(H4,14,15,16,17,18)/p+1. The van der Waals surface area contributed by atoms with Gasteiger partial charge in [-0.25, -0.2) is 0 Å². The molecule has 106 valence electrons. The van der Waals surface area contributed by atoms with Crippen LogP contribution in [-0.2, 0) is 13.1 Å². The zero-order valence-corrected chi connectivity index (χ0v) is 11.6. The molecule has 0 radical (unpaired) electrons. The van der Waals surface area contributed by atoms with Gasteiger partial charge in [0.05, 0.1) is 14.2 Å². The summed E-state index contributed by atoms with van der Waals surface area (Å²) in [5, 5.41) is 0. The molecule has 0 saturated heterocycles. The summed E-state index contributed by atoms with van der Waals surface area (Å²) in [5.41, 5.74) is 12.3. The van der Waals surface area contributed by atoms with Crippen LogP contribution in [0.2, 0.25) is 0 Å². The topological polar surface area (TPSA) is 104 Å². The molecule has 1 atom stereocenters. The number of ether oxygens (including phenoxy) is 1. The van der Waals surface area contributed by atoms with E-state index in [4.69, 9.17) is 16.2 Å². The Bertz CT molecular complexity index is 569. The van der Waals surface area contributed by atoms with E-state index >= 15 is 0 Å². The molecule has 0 bridgehead atoms. The Morgan fingerprint density at radius 1 is 1.10 bits per heavy atom. The van der Waals surface area contributed by atoms with E-state index in [-0.39, 0.29) is 11.9 Å². The summed E-state index contributed by atoms with van der Waals surface area (Å²) in [6, 6.07) is 7.97. The first kappa shape index (κ1) is 14.0. The number of aromatic nitrogens is 3. The molecule has 0 aliphatic rings. The fourth-order valence-corrected chi connectivity index (χ4v) is 2.00. The van der Waals surface area contributed by atoms with E-state index in [0.29, 0.717) is 12.4 Å². The normalized spacial score (nSPS) is 12.1. The van der Waals surface area contributed by atoms with Crippen molar-refractivity contribution in [1.29, 1.82) is 0 Å². The van der Waals surface area contributed by atoms with Crippen LogP contribution in [0.1, 0.15) is 11.4 Å². The largest absolute Gasteiger partial charge is 0.497 e. The van der Waals surface area contributed by atoms with Gasteiger partial charge >= 0.3 is 0 Å². The van der Waals surface area contributed by atoms with Crippen molar-refractivity contribution < 1.29 is 9.64 Å². The van der Waals surface area contributed by atoms with Crippen LogP contribution in [0, 0.1) is 0 Å². The van der Waals surface area contributed by atoms with Gasteiger partial charge in [0.25, 0.3) is 0 Å². The van der Waals surface area contributed by atoms with Gasteiger partial charge in [0.1, 0.15) is 18.8 Å². The smallest absolute Gasteiger partial charge is 0.225 e. The lowest BCUT2D eigenvalue weighted by Crippen LogP contribution is -3.06. The number of rotatable bonds is 5. The minimum Gasteiger partial charge on any atom is -0.497 e. The number of anilines is 2. The fraction of sp³-hybridized carbons (Fsp3) is 0.308. The lowest BCUT2D eigenvalue weighted by Gasteiger charge is -2.13. The first-order valence-corrected chi connectivity index (χ1v) is 6.27.